The van der Waals surface area contributed by atoms with E-state index in [9.17, 15) is 4.79 Å². The molecule has 9 nitrogen and oxygen atoms in total. The zero-order valence-electron chi connectivity index (χ0n) is 19.1. The second kappa shape index (κ2) is 9.11. The van der Waals surface area contributed by atoms with Crippen molar-refractivity contribution in [3.63, 3.8) is 0 Å². The van der Waals surface area contributed by atoms with Gasteiger partial charge in [-0.1, -0.05) is 18.2 Å². The molecule has 1 aliphatic rings. The lowest BCUT2D eigenvalue weighted by Gasteiger charge is -2.22. The molecule has 174 valence electrons. The zero-order valence-corrected chi connectivity index (χ0v) is 19.1. The standard InChI is InChI=1S/C24H27N3O6/c1-14-16(15-8-9-18-19(12-15)30-11-10-29-18)6-5-7-17(14)21-26-27-22(33-21)20(32-23(25)28)13-31-24(2,3)4/h5-9,12,20H,10-11,13H2,1-4H3,(H2,25,28). The molecule has 2 heterocycles. The number of ether oxygens (including phenoxy) is 4. The van der Waals surface area contributed by atoms with Crippen LogP contribution in [0, 0.1) is 6.92 Å². The Balaban J connectivity index is 1.63. The number of carbonyl (C=O) groups excluding carboxylic acids is 1. The van der Waals surface area contributed by atoms with E-state index in [4.69, 9.17) is 29.1 Å². The molecule has 2 N–H and O–H groups in total. The lowest BCUT2D eigenvalue weighted by atomic mass is 9.96. The van der Waals surface area contributed by atoms with Crippen molar-refractivity contribution in [2.24, 2.45) is 5.73 Å². The normalized spacial score (nSPS) is 14.1. The lowest BCUT2D eigenvalue weighted by Crippen LogP contribution is -2.27. The highest BCUT2D eigenvalue weighted by Gasteiger charge is 2.26. The number of nitrogens with two attached hydrogens (primary N) is 1. The predicted molar refractivity (Wildman–Crippen MR) is 120 cm³/mol. The monoisotopic (exact) mass is 453 g/mol. The van der Waals surface area contributed by atoms with Gasteiger partial charge >= 0.3 is 6.09 Å². The number of benzene rings is 2. The number of amides is 1. The van der Waals surface area contributed by atoms with Crippen molar-refractivity contribution in [3.05, 3.63) is 47.9 Å². The maximum absolute atomic E-state index is 11.4. The van der Waals surface area contributed by atoms with Crippen LogP contribution in [0.3, 0.4) is 0 Å². The summed E-state index contributed by atoms with van der Waals surface area (Å²) in [5.41, 5.74) is 8.45. The summed E-state index contributed by atoms with van der Waals surface area (Å²) in [4.78, 5) is 11.4. The molecule has 1 aromatic heterocycles. The van der Waals surface area contributed by atoms with E-state index in [2.05, 4.69) is 10.2 Å². The van der Waals surface area contributed by atoms with Gasteiger partial charge in [-0.05, 0) is 62.6 Å². The van der Waals surface area contributed by atoms with Gasteiger partial charge < -0.3 is 29.1 Å². The van der Waals surface area contributed by atoms with Crippen LogP contribution in [-0.2, 0) is 9.47 Å². The lowest BCUT2D eigenvalue weighted by molar-refractivity contribution is -0.0588. The molecule has 0 saturated carbocycles. The molecule has 0 aliphatic carbocycles. The van der Waals surface area contributed by atoms with Gasteiger partial charge in [-0.15, -0.1) is 10.2 Å². The third-order valence-electron chi connectivity index (χ3n) is 5.06. The van der Waals surface area contributed by atoms with E-state index < -0.39 is 17.8 Å². The van der Waals surface area contributed by atoms with E-state index >= 15 is 0 Å². The van der Waals surface area contributed by atoms with Crippen LogP contribution in [-0.4, -0.2) is 41.7 Å². The number of aromatic nitrogens is 2. The Morgan fingerprint density at radius 3 is 2.55 bits per heavy atom. The molecular weight excluding hydrogens is 426 g/mol. The molecule has 0 saturated heterocycles. The SMILES string of the molecule is Cc1c(-c2ccc3c(c2)OCCO3)cccc1-c1nnc(C(COC(C)(C)C)OC(N)=O)o1. The minimum Gasteiger partial charge on any atom is -0.486 e. The molecule has 9 heteroatoms. The largest absolute Gasteiger partial charge is 0.486 e. The number of hydrogen-bond acceptors (Lipinski definition) is 8. The van der Waals surface area contributed by atoms with Crippen molar-refractivity contribution in [1.29, 1.82) is 0 Å². The first-order valence-electron chi connectivity index (χ1n) is 10.6. The van der Waals surface area contributed by atoms with Crippen LogP contribution in [0.15, 0.2) is 40.8 Å². The average Bonchev–Trinajstić information content (AvgIpc) is 3.25. The van der Waals surface area contributed by atoms with Crippen LogP contribution in [0.5, 0.6) is 11.5 Å². The first-order chi connectivity index (χ1) is 15.7. The van der Waals surface area contributed by atoms with Gasteiger partial charge in [0.2, 0.25) is 12.0 Å². The Labute approximate surface area is 191 Å². The minimum absolute atomic E-state index is 0.0320. The van der Waals surface area contributed by atoms with E-state index in [1.165, 1.54) is 0 Å². The Hall–Kier alpha value is -3.59. The zero-order chi connectivity index (χ0) is 23.6. The van der Waals surface area contributed by atoms with Gasteiger partial charge in [0, 0.05) is 5.56 Å². The van der Waals surface area contributed by atoms with Crippen molar-refractivity contribution >= 4 is 6.09 Å². The quantitative estimate of drug-likeness (QED) is 0.582. The van der Waals surface area contributed by atoms with Crippen LogP contribution >= 0.6 is 0 Å². The third-order valence-corrected chi connectivity index (χ3v) is 5.06. The molecule has 0 spiro atoms. The van der Waals surface area contributed by atoms with E-state index in [0.29, 0.717) is 24.9 Å². The average molecular weight is 453 g/mol. The molecule has 1 aliphatic heterocycles. The fourth-order valence-corrected chi connectivity index (χ4v) is 3.49. The van der Waals surface area contributed by atoms with Crippen LogP contribution < -0.4 is 15.2 Å². The molecule has 4 rings (SSSR count). The summed E-state index contributed by atoms with van der Waals surface area (Å²) in [6, 6.07) is 11.7. The number of hydrogen-bond donors (Lipinski definition) is 1. The van der Waals surface area contributed by atoms with Gasteiger partial charge in [0.25, 0.3) is 5.89 Å². The molecule has 1 amide bonds. The second-order valence-electron chi connectivity index (χ2n) is 8.63. The van der Waals surface area contributed by atoms with Crippen LogP contribution in [0.25, 0.3) is 22.6 Å². The molecule has 1 unspecified atom stereocenters. The third kappa shape index (κ3) is 5.25. The highest BCUT2D eigenvalue weighted by Crippen LogP contribution is 2.37. The van der Waals surface area contributed by atoms with Gasteiger partial charge in [-0.25, -0.2) is 4.79 Å². The topological polar surface area (TPSA) is 119 Å². The van der Waals surface area contributed by atoms with Crippen molar-refractivity contribution < 1.29 is 28.2 Å². The molecule has 0 bridgehead atoms. The summed E-state index contributed by atoms with van der Waals surface area (Å²) in [5, 5.41) is 8.26. The highest BCUT2D eigenvalue weighted by atomic mass is 16.6. The number of nitrogens with zero attached hydrogens (tertiary/aromatic N) is 2. The predicted octanol–water partition coefficient (Wildman–Crippen LogP) is 4.43. The van der Waals surface area contributed by atoms with Crippen LogP contribution in [0.1, 0.15) is 38.3 Å². The minimum atomic E-state index is -0.950. The number of rotatable bonds is 6. The van der Waals surface area contributed by atoms with Gasteiger partial charge in [0.1, 0.15) is 13.2 Å². The van der Waals surface area contributed by atoms with Gasteiger partial charge in [0.15, 0.2) is 11.5 Å². The summed E-state index contributed by atoms with van der Waals surface area (Å²) in [7, 11) is 0. The van der Waals surface area contributed by atoms with Gasteiger partial charge in [-0.3, -0.25) is 0 Å². The van der Waals surface area contributed by atoms with Crippen molar-refractivity contribution in [2.75, 3.05) is 19.8 Å². The Bertz CT molecular complexity index is 1150. The van der Waals surface area contributed by atoms with Gasteiger partial charge in [-0.2, -0.15) is 0 Å². The second-order valence-corrected chi connectivity index (χ2v) is 8.63. The number of fused-ring (bicyclic) bond motifs is 1. The fourth-order valence-electron chi connectivity index (χ4n) is 3.49. The molecule has 1 atom stereocenters. The van der Waals surface area contributed by atoms with E-state index in [0.717, 1.165) is 28.0 Å². The molecule has 33 heavy (non-hydrogen) atoms. The molecule has 0 radical (unpaired) electrons. The maximum Gasteiger partial charge on any atom is 0.405 e. The summed E-state index contributed by atoms with van der Waals surface area (Å²) in [6.07, 6.45) is -1.86. The van der Waals surface area contributed by atoms with Gasteiger partial charge in [0.05, 0.1) is 12.2 Å². The fraction of sp³-hybridized carbons (Fsp3) is 0.375. The molecular formula is C24H27N3O6. The number of primary amides is 1. The summed E-state index contributed by atoms with van der Waals surface area (Å²) < 4.78 is 28.1. The highest BCUT2D eigenvalue weighted by molar-refractivity contribution is 5.76. The Morgan fingerprint density at radius 2 is 1.82 bits per heavy atom. The summed E-state index contributed by atoms with van der Waals surface area (Å²) in [5.74, 6) is 1.86. The smallest absolute Gasteiger partial charge is 0.405 e. The Morgan fingerprint density at radius 1 is 1.09 bits per heavy atom. The van der Waals surface area contributed by atoms with E-state index in [1.54, 1.807) is 0 Å². The first kappa shape index (κ1) is 22.6. The van der Waals surface area contributed by atoms with E-state index in [-0.39, 0.29) is 12.5 Å². The summed E-state index contributed by atoms with van der Waals surface area (Å²) >= 11 is 0. The van der Waals surface area contributed by atoms with E-state index in [1.807, 2.05) is 64.1 Å². The molecule has 0 fully saturated rings. The van der Waals surface area contributed by atoms with Crippen molar-refractivity contribution in [2.45, 2.75) is 39.4 Å². The first-order valence-corrected chi connectivity index (χ1v) is 10.6. The van der Waals surface area contributed by atoms with Crippen molar-refractivity contribution in [1.82, 2.24) is 10.2 Å². The molecule has 2 aromatic carbocycles. The number of carbonyl (C=O) groups is 1. The Kier molecular flexibility index (Phi) is 6.24. The summed E-state index contributed by atoms with van der Waals surface area (Å²) in [6.45, 7) is 8.74. The van der Waals surface area contributed by atoms with Crippen molar-refractivity contribution in [3.8, 4) is 34.1 Å². The van der Waals surface area contributed by atoms with Crippen LogP contribution in [0.2, 0.25) is 0 Å². The molecule has 3 aromatic rings. The van der Waals surface area contributed by atoms with Crippen LogP contribution in [0.4, 0.5) is 4.79 Å². The maximum atomic E-state index is 11.4.